The highest BCUT2D eigenvalue weighted by Gasteiger charge is 2.26. The van der Waals surface area contributed by atoms with Gasteiger partial charge in [0, 0.05) is 24.5 Å². The molecule has 0 amide bonds. The molecule has 6 heteroatoms. The van der Waals surface area contributed by atoms with E-state index in [-0.39, 0.29) is 13.0 Å². The number of hydrogen-bond donors (Lipinski definition) is 1. The molecule has 2 aromatic rings. The van der Waals surface area contributed by atoms with Gasteiger partial charge in [-0.1, -0.05) is 18.2 Å². The molecule has 1 N–H and O–H groups in total. The average Bonchev–Trinajstić information content (AvgIpc) is 2.44. The number of nitrogens with one attached hydrogen (secondary N) is 1. The van der Waals surface area contributed by atoms with Gasteiger partial charge in [0.25, 0.3) is 0 Å². The summed E-state index contributed by atoms with van der Waals surface area (Å²) in [5.74, 6) is 0.382. The van der Waals surface area contributed by atoms with E-state index in [4.69, 9.17) is 4.74 Å². The number of hydrogen-bond acceptors (Lipinski definition) is 3. The summed E-state index contributed by atoms with van der Waals surface area (Å²) in [5, 5.41) is 4.87. The van der Waals surface area contributed by atoms with Crippen LogP contribution in [0.25, 0.3) is 10.8 Å². The number of aromatic nitrogens is 1. The topological polar surface area (TPSA) is 34.2 Å². The summed E-state index contributed by atoms with van der Waals surface area (Å²) < 4.78 is 41.7. The molecule has 1 aromatic heterocycles. The van der Waals surface area contributed by atoms with Crippen molar-refractivity contribution in [1.29, 1.82) is 0 Å². The number of alkyl halides is 3. The van der Waals surface area contributed by atoms with E-state index in [9.17, 15) is 13.2 Å². The van der Waals surface area contributed by atoms with E-state index in [1.807, 2.05) is 31.3 Å². The van der Waals surface area contributed by atoms with E-state index in [1.165, 1.54) is 0 Å². The minimum absolute atomic E-state index is 0.00186. The fourth-order valence-corrected chi connectivity index (χ4v) is 2.11. The van der Waals surface area contributed by atoms with Gasteiger partial charge in [-0.2, -0.15) is 13.2 Å². The van der Waals surface area contributed by atoms with E-state index >= 15 is 0 Å². The van der Waals surface area contributed by atoms with Gasteiger partial charge in [0.2, 0.25) is 5.88 Å². The van der Waals surface area contributed by atoms with Crippen LogP contribution in [0.3, 0.4) is 0 Å². The first kappa shape index (κ1) is 15.6. The smallest absolute Gasteiger partial charge is 0.389 e. The third-order valence-electron chi connectivity index (χ3n) is 3.05. The maximum absolute atomic E-state index is 12.1. The lowest BCUT2D eigenvalue weighted by atomic mass is 10.1. The van der Waals surface area contributed by atoms with Crippen molar-refractivity contribution in [2.45, 2.75) is 25.6 Å². The van der Waals surface area contributed by atoms with Crippen LogP contribution in [0.5, 0.6) is 5.88 Å². The van der Waals surface area contributed by atoms with Crippen LogP contribution < -0.4 is 10.1 Å². The van der Waals surface area contributed by atoms with Gasteiger partial charge in [-0.15, -0.1) is 0 Å². The molecule has 0 bridgehead atoms. The van der Waals surface area contributed by atoms with E-state index < -0.39 is 12.6 Å². The maximum atomic E-state index is 12.1. The highest BCUT2D eigenvalue weighted by Crippen LogP contribution is 2.27. The van der Waals surface area contributed by atoms with Gasteiger partial charge in [0.05, 0.1) is 6.61 Å². The van der Waals surface area contributed by atoms with Crippen molar-refractivity contribution >= 4 is 10.8 Å². The summed E-state index contributed by atoms with van der Waals surface area (Å²) in [6, 6.07) is 7.58. The average molecular weight is 298 g/mol. The SMILES string of the molecule is CNCc1cnc(OCCCC(F)(F)F)c2ccccc12. The Morgan fingerprint density at radius 3 is 2.57 bits per heavy atom. The summed E-state index contributed by atoms with van der Waals surface area (Å²) in [7, 11) is 1.84. The van der Waals surface area contributed by atoms with E-state index in [0.29, 0.717) is 12.4 Å². The second-order valence-corrected chi connectivity index (χ2v) is 4.73. The van der Waals surface area contributed by atoms with Gasteiger partial charge in [-0.05, 0) is 30.5 Å². The highest BCUT2D eigenvalue weighted by molar-refractivity contribution is 5.89. The van der Waals surface area contributed by atoms with Crippen LogP contribution in [0.4, 0.5) is 13.2 Å². The number of ether oxygens (including phenoxy) is 1. The van der Waals surface area contributed by atoms with E-state index in [0.717, 1.165) is 16.3 Å². The molecule has 0 saturated carbocycles. The fraction of sp³-hybridized carbons (Fsp3) is 0.400. The van der Waals surface area contributed by atoms with Gasteiger partial charge in [-0.25, -0.2) is 4.98 Å². The largest absolute Gasteiger partial charge is 0.477 e. The van der Waals surface area contributed by atoms with Crippen LogP contribution in [0.15, 0.2) is 30.5 Å². The van der Waals surface area contributed by atoms with Crippen molar-refractivity contribution in [2.24, 2.45) is 0 Å². The summed E-state index contributed by atoms with van der Waals surface area (Å²) in [6.07, 6.45) is -3.37. The van der Waals surface area contributed by atoms with Crippen LogP contribution in [0, 0.1) is 0 Å². The Balaban J connectivity index is 2.12. The van der Waals surface area contributed by atoms with E-state index in [2.05, 4.69) is 10.3 Å². The quantitative estimate of drug-likeness (QED) is 0.826. The first-order valence-electron chi connectivity index (χ1n) is 6.72. The zero-order valence-corrected chi connectivity index (χ0v) is 11.7. The van der Waals surface area contributed by atoms with Gasteiger partial charge in [0.15, 0.2) is 0 Å². The molecule has 0 unspecified atom stereocenters. The highest BCUT2D eigenvalue weighted by atomic mass is 19.4. The van der Waals surface area contributed by atoms with Crippen LogP contribution in [0.1, 0.15) is 18.4 Å². The van der Waals surface area contributed by atoms with Crippen LogP contribution >= 0.6 is 0 Å². The van der Waals surface area contributed by atoms with Crippen LogP contribution in [0.2, 0.25) is 0 Å². The molecule has 2 rings (SSSR count). The Kier molecular flexibility index (Phi) is 5.01. The minimum Gasteiger partial charge on any atom is -0.477 e. The molecular weight excluding hydrogens is 281 g/mol. The number of halogens is 3. The lowest BCUT2D eigenvalue weighted by Crippen LogP contribution is -2.10. The van der Waals surface area contributed by atoms with Crippen LogP contribution in [-0.4, -0.2) is 24.8 Å². The van der Waals surface area contributed by atoms with Crippen molar-refractivity contribution < 1.29 is 17.9 Å². The molecule has 114 valence electrons. The molecule has 0 spiro atoms. The summed E-state index contributed by atoms with van der Waals surface area (Å²) in [5.41, 5.74) is 1.02. The van der Waals surface area contributed by atoms with Gasteiger partial charge >= 0.3 is 6.18 Å². The zero-order chi connectivity index (χ0) is 15.3. The molecule has 0 radical (unpaired) electrons. The van der Waals surface area contributed by atoms with Crippen molar-refractivity contribution in [3.05, 3.63) is 36.0 Å². The molecule has 0 aliphatic heterocycles. The predicted octanol–water partition coefficient (Wildman–Crippen LogP) is 3.68. The number of pyridine rings is 1. The minimum atomic E-state index is -4.14. The summed E-state index contributed by atoms with van der Waals surface area (Å²) in [4.78, 5) is 4.22. The third-order valence-corrected chi connectivity index (χ3v) is 3.05. The Morgan fingerprint density at radius 2 is 1.90 bits per heavy atom. The fourth-order valence-electron chi connectivity index (χ4n) is 2.11. The molecular formula is C15H17F3N2O. The first-order chi connectivity index (χ1) is 10.0. The number of rotatable bonds is 6. The second-order valence-electron chi connectivity index (χ2n) is 4.73. The molecule has 0 saturated heterocycles. The van der Waals surface area contributed by atoms with Gasteiger partial charge < -0.3 is 10.1 Å². The zero-order valence-electron chi connectivity index (χ0n) is 11.7. The molecule has 3 nitrogen and oxygen atoms in total. The second kappa shape index (κ2) is 6.76. The monoisotopic (exact) mass is 298 g/mol. The molecule has 21 heavy (non-hydrogen) atoms. The predicted molar refractivity (Wildman–Crippen MR) is 75.3 cm³/mol. The Morgan fingerprint density at radius 1 is 1.19 bits per heavy atom. The maximum Gasteiger partial charge on any atom is 0.389 e. The number of fused-ring (bicyclic) bond motifs is 1. The molecule has 1 aromatic carbocycles. The van der Waals surface area contributed by atoms with Gasteiger partial charge in [0.1, 0.15) is 0 Å². The number of benzene rings is 1. The van der Waals surface area contributed by atoms with Crippen molar-refractivity contribution in [3.63, 3.8) is 0 Å². The molecule has 0 atom stereocenters. The molecule has 0 fully saturated rings. The Labute approximate surface area is 121 Å². The molecule has 0 aliphatic rings. The lowest BCUT2D eigenvalue weighted by molar-refractivity contribution is -0.136. The molecule has 1 heterocycles. The van der Waals surface area contributed by atoms with Crippen LogP contribution in [-0.2, 0) is 6.54 Å². The van der Waals surface area contributed by atoms with Crippen molar-refractivity contribution in [2.75, 3.05) is 13.7 Å². The molecule has 0 aliphatic carbocycles. The lowest BCUT2D eigenvalue weighted by Gasteiger charge is -2.12. The number of nitrogens with zero attached hydrogens (tertiary/aromatic N) is 1. The normalized spacial score (nSPS) is 11.8. The summed E-state index contributed by atoms with van der Waals surface area (Å²) >= 11 is 0. The van der Waals surface area contributed by atoms with E-state index in [1.54, 1.807) is 6.20 Å². The third kappa shape index (κ3) is 4.32. The van der Waals surface area contributed by atoms with Crippen molar-refractivity contribution in [3.8, 4) is 5.88 Å². The summed E-state index contributed by atoms with van der Waals surface area (Å²) in [6.45, 7) is 0.670. The Hall–Kier alpha value is -1.82. The first-order valence-corrected chi connectivity index (χ1v) is 6.72. The van der Waals surface area contributed by atoms with Gasteiger partial charge in [-0.3, -0.25) is 0 Å². The van der Waals surface area contributed by atoms with Crippen molar-refractivity contribution in [1.82, 2.24) is 10.3 Å². The standard InChI is InChI=1S/C15H17F3N2O/c1-19-9-11-10-20-14(13-6-3-2-5-12(11)13)21-8-4-7-15(16,17)18/h2-3,5-6,10,19H,4,7-9H2,1H3. The Bertz CT molecular complexity index is 599.